The maximum Gasteiger partial charge on any atom is 0.416 e. The van der Waals surface area contributed by atoms with Crippen molar-refractivity contribution in [2.24, 2.45) is 0 Å². The maximum absolute atomic E-state index is 13.0. The number of aryl methyl sites for hydroxylation is 4. The highest BCUT2D eigenvalue weighted by atomic mass is 19.4. The van der Waals surface area contributed by atoms with E-state index in [0.29, 0.717) is 115 Å². The molecular weight excluding hydrogens is 1640 g/mol. The van der Waals surface area contributed by atoms with E-state index < -0.39 is 11.7 Å². The van der Waals surface area contributed by atoms with Gasteiger partial charge in [-0.2, -0.15) is 13.2 Å². The molecule has 25 nitrogen and oxygen atoms in total. The lowest BCUT2D eigenvalue weighted by Gasteiger charge is -2.36. The summed E-state index contributed by atoms with van der Waals surface area (Å²) in [4.78, 5) is 73.8. The number of rotatable bonds is 27. The van der Waals surface area contributed by atoms with Gasteiger partial charge >= 0.3 is 6.18 Å². The Morgan fingerprint density at radius 3 is 1.22 bits per heavy atom. The number of hydrogen-bond donors (Lipinski definition) is 2. The normalized spacial score (nSPS) is 15.6. The highest BCUT2D eigenvalue weighted by Crippen LogP contribution is 2.39. The van der Waals surface area contributed by atoms with Gasteiger partial charge in [0.2, 0.25) is 13.6 Å². The first-order valence-corrected chi connectivity index (χ1v) is 44.4. The SMILES string of the molecule is COc1cc2occ(CCCCN3CCN(c4cccc(C(F)(F)F)c4)CC3)c(=O)c2cc1OC.COc1ccc2occ(CCCCN3CCN(c4ccccc4)CC3)c(=O)c2c1.Nc1cccc(N2CCN(CCCCc3coc4cc5c(cc4c3=O)OCO5)CC2)c1.O=c1c(CCCCN2CCN(c3cccc4[nH]ccc34)CC2)coc2cc3c(cc12)OCO3. The summed E-state index contributed by atoms with van der Waals surface area (Å²) < 4.78 is 99.0. The summed E-state index contributed by atoms with van der Waals surface area (Å²) in [6, 6.07) is 48.4. The van der Waals surface area contributed by atoms with Crippen LogP contribution in [0.1, 0.15) is 79.2 Å². The fourth-order valence-electron chi connectivity index (χ4n) is 17.7. The predicted molar refractivity (Wildman–Crippen MR) is 495 cm³/mol. The van der Waals surface area contributed by atoms with E-state index in [-0.39, 0.29) is 35.3 Å². The summed E-state index contributed by atoms with van der Waals surface area (Å²) in [5.41, 5.74) is 16.7. The smallest absolute Gasteiger partial charge is 0.416 e. The van der Waals surface area contributed by atoms with Crippen LogP contribution in [-0.2, 0) is 31.9 Å². The number of methoxy groups -OCH3 is 3. The molecule has 0 radical (unpaired) electrons. The summed E-state index contributed by atoms with van der Waals surface area (Å²) in [7, 11) is 4.66. The summed E-state index contributed by atoms with van der Waals surface area (Å²) in [5, 5.41) is 3.47. The Hall–Kier alpha value is -12.6. The van der Waals surface area contributed by atoms with Crippen molar-refractivity contribution in [3.05, 3.63) is 258 Å². The van der Waals surface area contributed by atoms with Gasteiger partial charge in [-0.3, -0.25) is 38.8 Å². The van der Waals surface area contributed by atoms with Crippen LogP contribution in [0, 0.1) is 0 Å². The number of nitrogens with two attached hydrogens (primary N) is 1. The van der Waals surface area contributed by atoms with Crippen molar-refractivity contribution in [3.63, 3.8) is 0 Å². The van der Waals surface area contributed by atoms with E-state index in [2.05, 4.69) is 99.9 Å². The first-order valence-electron chi connectivity index (χ1n) is 44.4. The second-order valence-electron chi connectivity index (χ2n) is 33.2. The molecular formula is C100H111F3N10O15. The van der Waals surface area contributed by atoms with Crippen molar-refractivity contribution in [1.82, 2.24) is 24.6 Å². The van der Waals surface area contributed by atoms with Gasteiger partial charge in [-0.1, -0.05) is 36.4 Å². The lowest BCUT2D eigenvalue weighted by Crippen LogP contribution is -2.46. The average Bonchev–Trinajstić information content (AvgIpc) is 1.75. The number of ether oxygens (including phenoxy) is 7. The van der Waals surface area contributed by atoms with Crippen LogP contribution in [0.15, 0.2) is 226 Å². The fourth-order valence-corrected chi connectivity index (χ4v) is 17.7. The Balaban J connectivity index is 0.000000126. The molecule has 4 fully saturated rings. The molecule has 0 unspecified atom stereocenters. The number of aromatic nitrogens is 1. The molecule has 0 amide bonds. The van der Waals surface area contributed by atoms with Gasteiger partial charge in [0.15, 0.2) is 56.2 Å². The van der Waals surface area contributed by atoms with Crippen LogP contribution in [0.3, 0.4) is 0 Å². The zero-order valence-corrected chi connectivity index (χ0v) is 72.9. The topological polar surface area (TPSA) is 253 Å². The number of para-hydroxylation sites is 1. The molecule has 0 atom stereocenters. The number of H-pyrrole nitrogens is 1. The third-order valence-electron chi connectivity index (χ3n) is 25.1. The van der Waals surface area contributed by atoms with Gasteiger partial charge < -0.3 is 81.1 Å². The largest absolute Gasteiger partial charge is 0.497 e. The lowest BCUT2D eigenvalue weighted by atomic mass is 10.1. The van der Waals surface area contributed by atoms with Crippen LogP contribution < -0.4 is 80.2 Å². The number of halogens is 3. The molecule has 672 valence electrons. The zero-order valence-electron chi connectivity index (χ0n) is 72.9. The van der Waals surface area contributed by atoms with Gasteiger partial charge in [-0.05, 0) is 206 Å². The number of aromatic amines is 1. The Morgan fingerprint density at radius 1 is 0.359 bits per heavy atom. The van der Waals surface area contributed by atoms with E-state index in [1.807, 2.05) is 35.4 Å². The van der Waals surface area contributed by atoms with E-state index >= 15 is 0 Å². The number of piperazine rings is 4. The van der Waals surface area contributed by atoms with Crippen molar-refractivity contribution >= 4 is 83.2 Å². The van der Waals surface area contributed by atoms with Crippen molar-refractivity contribution in [1.29, 1.82) is 0 Å². The van der Waals surface area contributed by atoms with E-state index in [4.69, 9.17) is 56.6 Å². The van der Waals surface area contributed by atoms with Crippen LogP contribution in [0.25, 0.3) is 54.8 Å². The highest BCUT2D eigenvalue weighted by molar-refractivity contribution is 5.92. The lowest BCUT2D eigenvalue weighted by molar-refractivity contribution is -0.137. The monoisotopic (exact) mass is 1750 g/mol. The molecule has 4 saturated heterocycles. The van der Waals surface area contributed by atoms with Crippen LogP contribution in [0.2, 0.25) is 0 Å². The van der Waals surface area contributed by atoms with Crippen LogP contribution in [-0.4, -0.2) is 190 Å². The van der Waals surface area contributed by atoms with Gasteiger partial charge in [0.1, 0.15) is 28.1 Å². The van der Waals surface area contributed by atoms with Crippen LogP contribution in [0.4, 0.5) is 41.6 Å². The number of fused-ring (bicyclic) bond motifs is 7. The van der Waals surface area contributed by atoms with Gasteiger partial charge in [0.05, 0.1) is 73.5 Å². The van der Waals surface area contributed by atoms with Crippen molar-refractivity contribution in [3.8, 4) is 40.2 Å². The van der Waals surface area contributed by atoms with E-state index in [1.54, 1.807) is 80.5 Å². The standard InChI is InChI=1S/C26H29F3N2O4.C26H27N3O4.C24H27N3O4.C24H28N2O3/c1-33-23-15-21-22(16-24(23)34-2)35-17-18(25(21)32)6-3-4-9-30-10-12-31(13-11-30)20-8-5-7-19(14-20)26(27,28)29;30-26-18(16-31-23-15-25-24(14-20(23)26)32-17-33-25)4-1-2-9-28-10-12-29(13-11-28)22-6-3-5-21-19(22)7-8-27-21;25-18-5-3-6-19(12-18)27-10-8-26(9-11-27)7-2-1-4-17-15-29-21-14-23-22(30-16-31-23)13-20(21)24(17)28;1-28-21-10-11-23-22(17-21)24(27)19(18-29-23)7-5-6-12-25-13-15-26(16-14-25)20-8-3-2-4-9-20/h5,7-8,14-17H,3-4,6,9-13H2,1-2H3;3,5-8,14-16,27H,1-2,4,9-13,17H2;3,5-6,12-15H,1-2,4,7-11,16,25H2;2-4,8-11,17-18H,5-7,12-16H2,1H3. The number of benzene rings is 8. The number of nitrogens with one attached hydrogen (secondary N) is 1. The molecule has 6 aliphatic rings. The molecule has 0 saturated carbocycles. The average molecular weight is 1750 g/mol. The van der Waals surface area contributed by atoms with Crippen molar-refractivity contribution in [2.75, 3.05) is 191 Å². The second kappa shape index (κ2) is 41.9. The maximum atomic E-state index is 13.0. The third kappa shape index (κ3) is 21.8. The molecule has 0 aliphatic carbocycles. The molecule has 5 aromatic heterocycles. The van der Waals surface area contributed by atoms with Crippen LogP contribution in [0.5, 0.6) is 40.2 Å². The number of nitrogen functional groups attached to an aromatic ring is 1. The molecule has 0 bridgehead atoms. The first-order chi connectivity index (χ1) is 62.5. The number of hydrogen-bond acceptors (Lipinski definition) is 24. The van der Waals surface area contributed by atoms with E-state index in [9.17, 15) is 32.3 Å². The minimum Gasteiger partial charge on any atom is -0.497 e. The minimum atomic E-state index is -4.33. The highest BCUT2D eigenvalue weighted by Gasteiger charge is 2.32. The quantitative estimate of drug-likeness (QED) is 0.0358. The van der Waals surface area contributed by atoms with E-state index in [1.165, 1.54) is 60.6 Å². The summed E-state index contributed by atoms with van der Waals surface area (Å²) >= 11 is 0. The van der Waals surface area contributed by atoms with Crippen molar-refractivity contribution in [2.45, 2.75) is 83.2 Å². The number of nitrogens with zero attached hydrogens (tertiary/aromatic N) is 8. The summed E-state index contributed by atoms with van der Waals surface area (Å²) in [6.45, 7) is 20.0. The van der Waals surface area contributed by atoms with E-state index in [0.717, 1.165) is 217 Å². The second-order valence-corrected chi connectivity index (χ2v) is 33.2. The summed E-state index contributed by atoms with van der Waals surface area (Å²) in [5.74, 6) is 4.13. The van der Waals surface area contributed by atoms with Crippen molar-refractivity contribution < 1.29 is 64.0 Å². The molecule has 28 heteroatoms. The number of alkyl halides is 3. The molecule has 3 N–H and O–H groups in total. The Labute approximate surface area is 740 Å². The predicted octanol–water partition coefficient (Wildman–Crippen LogP) is 16.3. The van der Waals surface area contributed by atoms with Gasteiger partial charge in [0.25, 0.3) is 0 Å². The summed E-state index contributed by atoms with van der Waals surface area (Å²) in [6.07, 6.45) is 14.7. The van der Waals surface area contributed by atoms with Gasteiger partial charge in [-0.15, -0.1) is 0 Å². The minimum absolute atomic E-state index is 0.0234. The Bertz CT molecular complexity index is 6190. The zero-order chi connectivity index (χ0) is 88.5. The molecule has 0 spiro atoms. The molecule has 128 heavy (non-hydrogen) atoms. The molecule has 6 aliphatic heterocycles. The van der Waals surface area contributed by atoms with Gasteiger partial charge in [-0.25, -0.2) is 0 Å². The molecule has 13 aromatic rings. The Kier molecular flexibility index (Phi) is 29.0. The molecule has 11 heterocycles. The number of unbranched alkanes of at least 4 members (excludes halogenated alkanes) is 4. The van der Waals surface area contributed by atoms with Crippen LogP contribution >= 0.6 is 0 Å². The molecule has 8 aromatic carbocycles. The molecule has 19 rings (SSSR count). The first kappa shape index (κ1) is 88.8. The number of anilines is 5. The fraction of sp³-hybridized carbons (Fsp3) is 0.380. The van der Waals surface area contributed by atoms with Gasteiger partial charge in [0, 0.05) is 191 Å². The third-order valence-corrected chi connectivity index (χ3v) is 25.1. The Morgan fingerprint density at radius 2 is 0.758 bits per heavy atom.